The number of ether oxygens (including phenoxy) is 1. The maximum Gasteiger partial charge on any atom is 0.182 e. The quantitative estimate of drug-likeness (QED) is 0.669. The highest BCUT2D eigenvalue weighted by Gasteiger charge is 2.13. The van der Waals surface area contributed by atoms with Crippen molar-refractivity contribution in [2.75, 3.05) is 6.61 Å². The number of hydrogen-bond donors (Lipinski definition) is 0. The molecule has 0 aliphatic carbocycles. The molecule has 0 fully saturated rings. The van der Waals surface area contributed by atoms with Gasteiger partial charge in [-0.2, -0.15) is 0 Å². The van der Waals surface area contributed by atoms with Crippen LogP contribution >= 0.6 is 0 Å². The molecule has 2 aromatic rings. The molecule has 1 aromatic carbocycles. The van der Waals surface area contributed by atoms with Crippen LogP contribution in [0.3, 0.4) is 0 Å². The number of aromatic nitrogens is 1. The summed E-state index contributed by atoms with van der Waals surface area (Å²) in [5, 5.41) is 0. The minimum absolute atomic E-state index is 0.0305. The van der Waals surface area contributed by atoms with Gasteiger partial charge in [-0.05, 0) is 12.1 Å². The summed E-state index contributed by atoms with van der Waals surface area (Å²) in [6.45, 7) is 1.40. The zero-order valence-electron chi connectivity index (χ0n) is 8.72. The fraction of sp³-hybridized carbons (Fsp3) is 0.154. The number of rotatable bonds is 0. The van der Waals surface area contributed by atoms with Crippen molar-refractivity contribution in [3.05, 3.63) is 52.8 Å². The molecule has 0 radical (unpaired) electrons. The molecule has 0 saturated heterocycles. The molecule has 0 amide bonds. The molecule has 0 unspecified atom stereocenters. The smallest absolute Gasteiger partial charge is 0.182 e. The van der Waals surface area contributed by atoms with Crippen molar-refractivity contribution in [2.45, 2.75) is 6.54 Å². The van der Waals surface area contributed by atoms with Gasteiger partial charge in [0.25, 0.3) is 0 Å². The van der Waals surface area contributed by atoms with Gasteiger partial charge in [0.05, 0.1) is 12.2 Å². The molecule has 3 nitrogen and oxygen atoms in total. The Hall–Kier alpha value is -2.03. The van der Waals surface area contributed by atoms with Gasteiger partial charge in [0.2, 0.25) is 0 Å². The topological polar surface area (TPSA) is 31.2 Å². The van der Waals surface area contributed by atoms with E-state index >= 15 is 0 Å². The van der Waals surface area contributed by atoms with Gasteiger partial charge in [0, 0.05) is 23.9 Å². The Balaban J connectivity index is 2.32. The summed E-state index contributed by atoms with van der Waals surface area (Å²) in [5.41, 5.74) is 1.95. The number of hydrogen-bond acceptors (Lipinski definition) is 2. The van der Waals surface area contributed by atoms with Crippen LogP contribution in [-0.2, 0) is 6.54 Å². The minimum Gasteiger partial charge on any atom is -0.491 e. The van der Waals surface area contributed by atoms with Gasteiger partial charge < -0.3 is 9.30 Å². The second-order valence-corrected chi connectivity index (χ2v) is 3.79. The fourth-order valence-corrected chi connectivity index (χ4v) is 2.00. The van der Waals surface area contributed by atoms with Crippen LogP contribution in [0.25, 0.3) is 11.3 Å². The Morgan fingerprint density at radius 1 is 1.19 bits per heavy atom. The first kappa shape index (κ1) is 9.21. The summed E-state index contributed by atoms with van der Waals surface area (Å²) in [4.78, 5) is 11.4. The fourth-order valence-electron chi connectivity index (χ4n) is 2.00. The Kier molecular flexibility index (Phi) is 2.03. The van der Waals surface area contributed by atoms with Crippen LogP contribution in [0, 0.1) is 0 Å². The van der Waals surface area contributed by atoms with E-state index in [9.17, 15) is 4.79 Å². The van der Waals surface area contributed by atoms with Crippen molar-refractivity contribution in [1.82, 2.24) is 4.57 Å². The van der Waals surface area contributed by atoms with Crippen molar-refractivity contribution in [2.24, 2.45) is 0 Å². The maximum atomic E-state index is 11.4. The zero-order chi connectivity index (χ0) is 11.0. The van der Waals surface area contributed by atoms with Crippen molar-refractivity contribution in [3.63, 3.8) is 0 Å². The maximum absolute atomic E-state index is 11.4. The van der Waals surface area contributed by atoms with Gasteiger partial charge in [-0.1, -0.05) is 12.1 Å². The first-order valence-electron chi connectivity index (χ1n) is 5.27. The molecular weight excluding hydrogens is 202 g/mol. The van der Waals surface area contributed by atoms with Crippen LogP contribution in [0.1, 0.15) is 0 Å². The first-order valence-corrected chi connectivity index (χ1v) is 5.27. The summed E-state index contributed by atoms with van der Waals surface area (Å²) in [5.74, 6) is 0.847. The second-order valence-electron chi connectivity index (χ2n) is 3.79. The van der Waals surface area contributed by atoms with Gasteiger partial charge in [-0.15, -0.1) is 0 Å². The molecule has 0 spiro atoms. The Morgan fingerprint density at radius 3 is 3.00 bits per heavy atom. The summed E-state index contributed by atoms with van der Waals surface area (Å²) in [6, 6.07) is 11.0. The van der Waals surface area contributed by atoms with E-state index in [-0.39, 0.29) is 5.43 Å². The Morgan fingerprint density at radius 2 is 2.06 bits per heavy atom. The molecule has 2 heterocycles. The van der Waals surface area contributed by atoms with E-state index in [1.165, 1.54) is 0 Å². The number of para-hydroxylation sites is 1. The van der Waals surface area contributed by atoms with E-state index in [2.05, 4.69) is 0 Å². The minimum atomic E-state index is 0.0305. The highest BCUT2D eigenvalue weighted by Crippen LogP contribution is 2.30. The number of nitrogens with zero attached hydrogens (tertiary/aromatic N) is 1. The number of fused-ring (bicyclic) bond motifs is 3. The third-order valence-electron chi connectivity index (χ3n) is 2.76. The van der Waals surface area contributed by atoms with E-state index in [0.29, 0.717) is 6.61 Å². The van der Waals surface area contributed by atoms with Crippen molar-refractivity contribution < 1.29 is 4.74 Å². The van der Waals surface area contributed by atoms with Crippen LogP contribution in [0.2, 0.25) is 0 Å². The Labute approximate surface area is 92.9 Å². The van der Waals surface area contributed by atoms with Crippen LogP contribution in [0.4, 0.5) is 0 Å². The lowest BCUT2D eigenvalue weighted by atomic mass is 10.1. The van der Waals surface area contributed by atoms with Crippen LogP contribution < -0.4 is 10.2 Å². The largest absolute Gasteiger partial charge is 0.491 e. The number of benzene rings is 1. The third kappa shape index (κ3) is 1.41. The zero-order valence-corrected chi connectivity index (χ0v) is 8.72. The average molecular weight is 213 g/mol. The second kappa shape index (κ2) is 3.52. The van der Waals surface area contributed by atoms with E-state index in [1.807, 2.05) is 35.0 Å². The van der Waals surface area contributed by atoms with Crippen molar-refractivity contribution >= 4 is 0 Å². The lowest BCUT2D eigenvalue weighted by molar-refractivity contribution is 0.306. The molecule has 0 saturated carbocycles. The molecule has 0 atom stereocenters. The lowest BCUT2D eigenvalue weighted by Gasteiger charge is -2.08. The summed E-state index contributed by atoms with van der Waals surface area (Å²) >= 11 is 0. The molecule has 0 N–H and O–H groups in total. The summed E-state index contributed by atoms with van der Waals surface area (Å²) < 4.78 is 7.70. The van der Waals surface area contributed by atoms with Crippen LogP contribution in [0.15, 0.2) is 47.4 Å². The molecule has 1 aliphatic rings. The molecule has 80 valence electrons. The highest BCUT2D eigenvalue weighted by atomic mass is 16.5. The number of pyridine rings is 1. The van der Waals surface area contributed by atoms with E-state index in [0.717, 1.165) is 23.6 Å². The monoisotopic (exact) mass is 213 g/mol. The summed E-state index contributed by atoms with van der Waals surface area (Å²) in [6.07, 6.45) is 1.82. The molecule has 16 heavy (non-hydrogen) atoms. The van der Waals surface area contributed by atoms with Gasteiger partial charge in [0.1, 0.15) is 12.4 Å². The molecule has 1 aliphatic heterocycles. The molecule has 3 heteroatoms. The van der Waals surface area contributed by atoms with Gasteiger partial charge in [-0.25, -0.2) is 0 Å². The lowest BCUT2D eigenvalue weighted by Crippen LogP contribution is -2.09. The highest BCUT2D eigenvalue weighted by molar-refractivity contribution is 5.67. The van der Waals surface area contributed by atoms with Gasteiger partial charge in [0.15, 0.2) is 5.43 Å². The van der Waals surface area contributed by atoms with Crippen molar-refractivity contribution in [3.8, 4) is 17.0 Å². The SMILES string of the molecule is O=c1ccn2c(c1)-c1ccccc1OCC2. The molecule has 1 aromatic heterocycles. The Bertz CT molecular complexity index is 586. The normalized spacial score (nSPS) is 13.2. The van der Waals surface area contributed by atoms with Crippen LogP contribution in [0.5, 0.6) is 5.75 Å². The first-order chi connectivity index (χ1) is 7.84. The van der Waals surface area contributed by atoms with Gasteiger partial charge in [-0.3, -0.25) is 4.79 Å². The third-order valence-corrected chi connectivity index (χ3v) is 2.76. The molecule has 3 rings (SSSR count). The average Bonchev–Trinajstić information content (AvgIpc) is 2.48. The predicted molar refractivity (Wildman–Crippen MR) is 61.6 cm³/mol. The van der Waals surface area contributed by atoms with Crippen LogP contribution in [-0.4, -0.2) is 11.2 Å². The standard InChI is InChI=1S/C13H11NO2/c15-10-5-6-14-7-8-16-13-4-2-1-3-11(13)12(14)9-10/h1-6,9H,7-8H2. The predicted octanol–water partition coefficient (Wildman–Crippen LogP) is 1.91. The molecular formula is C13H11NO2. The van der Waals surface area contributed by atoms with E-state index < -0.39 is 0 Å². The van der Waals surface area contributed by atoms with Gasteiger partial charge >= 0.3 is 0 Å². The van der Waals surface area contributed by atoms with E-state index in [1.54, 1.807) is 12.1 Å². The van der Waals surface area contributed by atoms with E-state index in [4.69, 9.17) is 4.74 Å². The summed E-state index contributed by atoms with van der Waals surface area (Å²) in [7, 11) is 0. The molecule has 0 bridgehead atoms. The van der Waals surface area contributed by atoms with Crippen molar-refractivity contribution in [1.29, 1.82) is 0 Å².